The summed E-state index contributed by atoms with van der Waals surface area (Å²) in [5, 5.41) is 6.76. The molecule has 3 rings (SSSR count). The minimum atomic E-state index is -0.768. The number of ether oxygens (including phenoxy) is 2. The minimum absolute atomic E-state index is 0.0643. The Kier molecular flexibility index (Phi) is 8.59. The molecule has 0 aliphatic heterocycles. The molecule has 3 aromatic carbocycles. The fraction of sp³-hybridized carbons (Fsp3) is 0.192. The Labute approximate surface area is 193 Å². The van der Waals surface area contributed by atoms with Gasteiger partial charge in [0.05, 0.1) is 6.42 Å². The average Bonchev–Trinajstić information content (AvgIpc) is 2.83. The molecule has 2 N–H and O–H groups in total. The van der Waals surface area contributed by atoms with Gasteiger partial charge >= 0.3 is 0 Å². The SMILES string of the molecule is CC(CC(=O)Nc1ccccc1)=NNC(=O)C(C)Oc1ccc(OCc2ccccc2)cc1. The molecule has 0 radical (unpaired) electrons. The Balaban J connectivity index is 1.42. The molecule has 1 unspecified atom stereocenters. The molecule has 3 aromatic rings. The highest BCUT2D eigenvalue weighted by Crippen LogP contribution is 2.19. The van der Waals surface area contributed by atoms with Gasteiger partial charge in [0.1, 0.15) is 18.1 Å². The summed E-state index contributed by atoms with van der Waals surface area (Å²) in [6, 6.07) is 26.1. The maximum Gasteiger partial charge on any atom is 0.280 e. The van der Waals surface area contributed by atoms with Crippen molar-refractivity contribution in [2.75, 3.05) is 5.32 Å². The number of benzene rings is 3. The number of nitrogens with one attached hydrogen (secondary N) is 2. The van der Waals surface area contributed by atoms with Crippen LogP contribution in [0.1, 0.15) is 25.8 Å². The molecule has 0 aliphatic carbocycles. The Morgan fingerprint density at radius 3 is 2.15 bits per heavy atom. The summed E-state index contributed by atoms with van der Waals surface area (Å²) in [6.45, 7) is 3.77. The van der Waals surface area contributed by atoms with Gasteiger partial charge in [0.2, 0.25) is 5.91 Å². The molecule has 33 heavy (non-hydrogen) atoms. The molecule has 0 aliphatic rings. The van der Waals surface area contributed by atoms with Gasteiger partial charge in [-0.25, -0.2) is 5.43 Å². The van der Waals surface area contributed by atoms with Crippen molar-refractivity contribution in [3.05, 3.63) is 90.5 Å². The van der Waals surface area contributed by atoms with Gasteiger partial charge in [0.15, 0.2) is 6.10 Å². The van der Waals surface area contributed by atoms with E-state index in [0.717, 1.165) is 5.56 Å². The fourth-order valence-electron chi connectivity index (χ4n) is 2.85. The van der Waals surface area contributed by atoms with Crippen LogP contribution in [-0.4, -0.2) is 23.6 Å². The summed E-state index contributed by atoms with van der Waals surface area (Å²) in [5.41, 5.74) is 4.70. The molecule has 0 saturated carbocycles. The van der Waals surface area contributed by atoms with E-state index in [2.05, 4.69) is 15.8 Å². The maximum absolute atomic E-state index is 12.3. The second-order valence-electron chi connectivity index (χ2n) is 7.42. The first-order valence-corrected chi connectivity index (χ1v) is 10.6. The van der Waals surface area contributed by atoms with Crippen LogP contribution in [0, 0.1) is 0 Å². The standard InChI is InChI=1S/C26H27N3O4/c1-19(17-25(30)27-22-11-7-4-8-12-22)28-29-26(31)20(2)33-24-15-13-23(14-16-24)32-18-21-9-5-3-6-10-21/h3-16,20H,17-18H2,1-2H3,(H,27,30)(H,29,31). The van der Waals surface area contributed by atoms with Crippen LogP contribution < -0.4 is 20.2 Å². The Hall–Kier alpha value is -4.13. The third kappa shape index (κ3) is 8.14. The van der Waals surface area contributed by atoms with Crippen molar-refractivity contribution in [2.24, 2.45) is 5.10 Å². The largest absolute Gasteiger partial charge is 0.489 e. The number of hydrogen-bond acceptors (Lipinski definition) is 5. The van der Waals surface area contributed by atoms with E-state index >= 15 is 0 Å². The lowest BCUT2D eigenvalue weighted by Gasteiger charge is -2.14. The van der Waals surface area contributed by atoms with Gasteiger partial charge in [-0.1, -0.05) is 48.5 Å². The van der Waals surface area contributed by atoms with Crippen LogP contribution in [0.15, 0.2) is 90.0 Å². The number of rotatable bonds is 10. The first-order valence-electron chi connectivity index (χ1n) is 10.6. The summed E-state index contributed by atoms with van der Waals surface area (Å²) in [6.07, 6.45) is -0.703. The first kappa shape index (κ1) is 23.5. The predicted molar refractivity (Wildman–Crippen MR) is 128 cm³/mol. The molecule has 170 valence electrons. The Morgan fingerprint density at radius 1 is 0.879 bits per heavy atom. The Bertz CT molecular complexity index is 1070. The fourth-order valence-corrected chi connectivity index (χ4v) is 2.85. The van der Waals surface area contributed by atoms with Crippen LogP contribution in [0.3, 0.4) is 0 Å². The summed E-state index contributed by atoms with van der Waals surface area (Å²) < 4.78 is 11.4. The number of nitrogens with zero attached hydrogens (tertiary/aromatic N) is 1. The quantitative estimate of drug-likeness (QED) is 0.354. The molecule has 1 atom stereocenters. The van der Waals surface area contributed by atoms with Crippen molar-refractivity contribution in [2.45, 2.75) is 33.0 Å². The summed E-state index contributed by atoms with van der Waals surface area (Å²) >= 11 is 0. The maximum atomic E-state index is 12.3. The van der Waals surface area contributed by atoms with E-state index in [9.17, 15) is 9.59 Å². The smallest absolute Gasteiger partial charge is 0.280 e. The molecule has 7 nitrogen and oxygen atoms in total. The van der Waals surface area contributed by atoms with Crippen LogP contribution in [0.2, 0.25) is 0 Å². The molecule has 0 bridgehead atoms. The number of amides is 2. The summed E-state index contributed by atoms with van der Waals surface area (Å²) in [7, 11) is 0. The van der Waals surface area contributed by atoms with E-state index in [4.69, 9.17) is 9.47 Å². The van der Waals surface area contributed by atoms with Gasteiger partial charge in [-0.05, 0) is 55.8 Å². The lowest BCUT2D eigenvalue weighted by Crippen LogP contribution is -2.34. The van der Waals surface area contributed by atoms with Gasteiger partial charge in [-0.3, -0.25) is 9.59 Å². The molecule has 0 spiro atoms. The molecule has 0 aromatic heterocycles. The highest BCUT2D eigenvalue weighted by atomic mass is 16.5. The first-order chi connectivity index (χ1) is 16.0. The lowest BCUT2D eigenvalue weighted by atomic mass is 10.2. The van der Waals surface area contributed by atoms with E-state index < -0.39 is 12.0 Å². The molecule has 0 fully saturated rings. The van der Waals surface area contributed by atoms with Crippen LogP contribution in [-0.2, 0) is 16.2 Å². The van der Waals surface area contributed by atoms with Gasteiger partial charge in [0.25, 0.3) is 5.91 Å². The second kappa shape index (κ2) is 12.0. The predicted octanol–water partition coefficient (Wildman–Crippen LogP) is 4.55. The Morgan fingerprint density at radius 2 is 1.48 bits per heavy atom. The lowest BCUT2D eigenvalue weighted by molar-refractivity contribution is -0.127. The third-order valence-electron chi connectivity index (χ3n) is 4.59. The number of hydrazone groups is 1. The van der Waals surface area contributed by atoms with Crippen molar-refractivity contribution in [3.8, 4) is 11.5 Å². The van der Waals surface area contributed by atoms with Crippen molar-refractivity contribution in [3.63, 3.8) is 0 Å². The molecular formula is C26H27N3O4. The van der Waals surface area contributed by atoms with Crippen LogP contribution in [0.5, 0.6) is 11.5 Å². The van der Waals surface area contributed by atoms with Gasteiger partial charge in [-0.15, -0.1) is 0 Å². The van der Waals surface area contributed by atoms with Gasteiger partial charge < -0.3 is 14.8 Å². The van der Waals surface area contributed by atoms with E-state index in [0.29, 0.717) is 29.5 Å². The topological polar surface area (TPSA) is 89.0 Å². The van der Waals surface area contributed by atoms with Crippen molar-refractivity contribution >= 4 is 23.2 Å². The van der Waals surface area contributed by atoms with Crippen molar-refractivity contribution in [1.82, 2.24) is 5.43 Å². The van der Waals surface area contributed by atoms with E-state index in [1.54, 1.807) is 50.2 Å². The van der Waals surface area contributed by atoms with Crippen molar-refractivity contribution in [1.29, 1.82) is 0 Å². The normalized spacial score (nSPS) is 11.9. The number of carbonyl (C=O) groups is 2. The number of anilines is 1. The average molecular weight is 446 g/mol. The second-order valence-corrected chi connectivity index (χ2v) is 7.42. The van der Waals surface area contributed by atoms with Gasteiger partial charge in [-0.2, -0.15) is 5.10 Å². The third-order valence-corrected chi connectivity index (χ3v) is 4.59. The highest BCUT2D eigenvalue weighted by molar-refractivity contribution is 6.05. The van der Waals surface area contributed by atoms with Crippen LogP contribution >= 0.6 is 0 Å². The van der Waals surface area contributed by atoms with E-state index in [1.807, 2.05) is 48.5 Å². The van der Waals surface area contributed by atoms with Gasteiger partial charge in [0, 0.05) is 11.4 Å². The zero-order valence-electron chi connectivity index (χ0n) is 18.7. The molecular weight excluding hydrogens is 418 g/mol. The zero-order chi connectivity index (χ0) is 23.5. The van der Waals surface area contributed by atoms with E-state index in [-0.39, 0.29) is 12.3 Å². The van der Waals surface area contributed by atoms with E-state index in [1.165, 1.54) is 0 Å². The zero-order valence-corrected chi connectivity index (χ0v) is 18.7. The number of hydrogen-bond donors (Lipinski definition) is 2. The monoisotopic (exact) mass is 445 g/mol. The van der Waals surface area contributed by atoms with Crippen LogP contribution in [0.4, 0.5) is 5.69 Å². The molecule has 0 heterocycles. The summed E-state index contributed by atoms with van der Waals surface area (Å²) in [5.74, 6) is 0.614. The molecule has 7 heteroatoms. The highest BCUT2D eigenvalue weighted by Gasteiger charge is 2.14. The summed E-state index contributed by atoms with van der Waals surface area (Å²) in [4.78, 5) is 24.3. The number of para-hydroxylation sites is 1. The number of carbonyl (C=O) groups excluding carboxylic acids is 2. The molecule has 0 saturated heterocycles. The van der Waals surface area contributed by atoms with Crippen LogP contribution in [0.25, 0.3) is 0 Å². The van der Waals surface area contributed by atoms with Crippen molar-refractivity contribution < 1.29 is 19.1 Å². The minimum Gasteiger partial charge on any atom is -0.489 e. The molecule has 2 amide bonds.